The van der Waals surface area contributed by atoms with Crippen LogP contribution in [0.1, 0.15) is 17.8 Å². The molecule has 3 aromatic rings. The molecule has 1 aliphatic rings. The van der Waals surface area contributed by atoms with Crippen molar-refractivity contribution < 1.29 is 9.47 Å². The normalized spacial score (nSPS) is 15.2. The Bertz CT molecular complexity index is 935. The topological polar surface area (TPSA) is 39.5 Å². The van der Waals surface area contributed by atoms with Crippen LogP contribution < -0.4 is 4.74 Å². The van der Waals surface area contributed by atoms with E-state index in [2.05, 4.69) is 27.7 Å². The highest BCUT2D eigenvalue weighted by Crippen LogP contribution is 2.22. The zero-order valence-electron chi connectivity index (χ0n) is 16.2. The first-order valence-corrected chi connectivity index (χ1v) is 10.2. The lowest BCUT2D eigenvalue weighted by Crippen LogP contribution is -2.36. The summed E-state index contributed by atoms with van der Waals surface area (Å²) >= 11 is 6.08. The molecule has 0 atom stereocenters. The number of imidazole rings is 1. The van der Waals surface area contributed by atoms with Crippen LogP contribution in [0.3, 0.4) is 0 Å². The lowest BCUT2D eigenvalue weighted by molar-refractivity contribution is 0.0326. The van der Waals surface area contributed by atoms with Gasteiger partial charge in [-0.25, -0.2) is 4.98 Å². The smallest absolute Gasteiger partial charge is 0.124 e. The Morgan fingerprint density at radius 2 is 1.96 bits per heavy atom. The Kier molecular flexibility index (Phi) is 6.15. The molecule has 1 aromatic heterocycles. The second-order valence-corrected chi connectivity index (χ2v) is 7.58. The van der Waals surface area contributed by atoms with Crippen molar-refractivity contribution in [3.8, 4) is 5.75 Å². The number of para-hydroxylation sites is 2. The fraction of sp³-hybridized carbons (Fsp3) is 0.409. The van der Waals surface area contributed by atoms with Crippen LogP contribution in [-0.4, -0.2) is 47.4 Å². The average Bonchev–Trinajstić information content (AvgIpc) is 3.06. The molecule has 0 amide bonds. The average molecular weight is 400 g/mol. The van der Waals surface area contributed by atoms with E-state index in [1.807, 2.05) is 31.2 Å². The monoisotopic (exact) mass is 399 g/mol. The van der Waals surface area contributed by atoms with Crippen molar-refractivity contribution in [2.75, 3.05) is 32.9 Å². The van der Waals surface area contributed by atoms with Gasteiger partial charge in [0.15, 0.2) is 0 Å². The molecule has 2 heterocycles. The van der Waals surface area contributed by atoms with E-state index >= 15 is 0 Å². The van der Waals surface area contributed by atoms with E-state index in [1.165, 1.54) is 5.52 Å². The van der Waals surface area contributed by atoms with Gasteiger partial charge in [-0.15, -0.1) is 0 Å². The minimum atomic E-state index is 0.657. The predicted octanol–water partition coefficient (Wildman–Crippen LogP) is 4.30. The fourth-order valence-corrected chi connectivity index (χ4v) is 3.69. The maximum Gasteiger partial charge on any atom is 0.124 e. The van der Waals surface area contributed by atoms with Gasteiger partial charge in [0.25, 0.3) is 0 Å². The molecule has 0 bridgehead atoms. The van der Waals surface area contributed by atoms with Crippen LogP contribution >= 0.6 is 11.6 Å². The molecule has 0 radical (unpaired) electrons. The van der Waals surface area contributed by atoms with Gasteiger partial charge in [0.1, 0.15) is 11.6 Å². The van der Waals surface area contributed by atoms with Crippen LogP contribution in [0.2, 0.25) is 5.02 Å². The van der Waals surface area contributed by atoms with Crippen molar-refractivity contribution in [2.24, 2.45) is 0 Å². The third-order valence-corrected chi connectivity index (χ3v) is 5.55. The highest BCUT2D eigenvalue weighted by Gasteiger charge is 2.16. The minimum Gasteiger partial charge on any atom is -0.494 e. The van der Waals surface area contributed by atoms with Gasteiger partial charge in [-0.3, -0.25) is 4.90 Å². The molecule has 28 heavy (non-hydrogen) atoms. The standard InChI is InChI=1S/C22H26ClN3O2/c1-17-15-18(7-8-19(17)23)28-12-4-9-26-21-6-3-2-5-20(21)24-22(26)16-25-10-13-27-14-11-25/h2-3,5-8,15H,4,9-14,16H2,1H3. The van der Waals surface area contributed by atoms with Crippen LogP contribution in [0.25, 0.3) is 11.0 Å². The molecule has 0 spiro atoms. The van der Waals surface area contributed by atoms with Crippen molar-refractivity contribution in [3.63, 3.8) is 0 Å². The summed E-state index contributed by atoms with van der Waals surface area (Å²) in [6.07, 6.45) is 0.915. The SMILES string of the molecule is Cc1cc(OCCCn2c(CN3CCOCC3)nc3ccccc32)ccc1Cl. The number of nitrogens with zero attached hydrogens (tertiary/aromatic N) is 3. The number of rotatable bonds is 7. The number of halogens is 1. The van der Waals surface area contributed by atoms with E-state index in [0.717, 1.165) is 73.5 Å². The zero-order valence-corrected chi connectivity index (χ0v) is 17.0. The van der Waals surface area contributed by atoms with E-state index in [0.29, 0.717) is 6.61 Å². The van der Waals surface area contributed by atoms with Gasteiger partial charge in [0, 0.05) is 24.7 Å². The first kappa shape index (κ1) is 19.2. The summed E-state index contributed by atoms with van der Waals surface area (Å²) in [4.78, 5) is 7.30. The minimum absolute atomic E-state index is 0.657. The largest absolute Gasteiger partial charge is 0.494 e. The molecular formula is C22H26ClN3O2. The summed E-state index contributed by atoms with van der Waals surface area (Å²) < 4.78 is 13.7. The molecule has 1 aliphatic heterocycles. The molecule has 0 aliphatic carbocycles. The Hall–Kier alpha value is -2.08. The van der Waals surface area contributed by atoms with E-state index in [4.69, 9.17) is 26.1 Å². The molecule has 5 nitrogen and oxygen atoms in total. The van der Waals surface area contributed by atoms with Gasteiger partial charge in [0.2, 0.25) is 0 Å². The van der Waals surface area contributed by atoms with Crippen molar-refractivity contribution in [1.29, 1.82) is 0 Å². The number of hydrogen-bond donors (Lipinski definition) is 0. The summed E-state index contributed by atoms with van der Waals surface area (Å²) in [5, 5.41) is 0.769. The number of benzene rings is 2. The number of morpholine rings is 1. The third kappa shape index (κ3) is 4.49. The molecule has 0 saturated carbocycles. The third-order valence-electron chi connectivity index (χ3n) is 5.13. The van der Waals surface area contributed by atoms with Crippen LogP contribution in [0.15, 0.2) is 42.5 Å². The highest BCUT2D eigenvalue weighted by atomic mass is 35.5. The van der Waals surface area contributed by atoms with Crippen LogP contribution in [0.4, 0.5) is 0 Å². The molecular weight excluding hydrogens is 374 g/mol. The van der Waals surface area contributed by atoms with E-state index in [-0.39, 0.29) is 0 Å². The number of fused-ring (bicyclic) bond motifs is 1. The van der Waals surface area contributed by atoms with Crippen LogP contribution in [0, 0.1) is 6.92 Å². The molecule has 2 aromatic carbocycles. The van der Waals surface area contributed by atoms with Crippen molar-refractivity contribution in [2.45, 2.75) is 26.4 Å². The fourth-order valence-electron chi connectivity index (χ4n) is 3.57. The molecule has 148 valence electrons. The molecule has 0 N–H and O–H groups in total. The van der Waals surface area contributed by atoms with Gasteiger partial charge in [-0.2, -0.15) is 0 Å². The molecule has 1 fully saturated rings. The zero-order chi connectivity index (χ0) is 19.3. The number of ether oxygens (including phenoxy) is 2. The Morgan fingerprint density at radius 1 is 1.14 bits per heavy atom. The maximum absolute atomic E-state index is 6.08. The van der Waals surface area contributed by atoms with Crippen molar-refractivity contribution >= 4 is 22.6 Å². The van der Waals surface area contributed by atoms with Gasteiger partial charge in [0.05, 0.1) is 37.4 Å². The van der Waals surface area contributed by atoms with Crippen LogP contribution in [-0.2, 0) is 17.8 Å². The van der Waals surface area contributed by atoms with Gasteiger partial charge in [-0.1, -0.05) is 23.7 Å². The summed E-state index contributed by atoms with van der Waals surface area (Å²) in [7, 11) is 0. The van der Waals surface area contributed by atoms with Crippen LogP contribution in [0.5, 0.6) is 5.75 Å². The lowest BCUT2D eigenvalue weighted by Gasteiger charge is -2.26. The second kappa shape index (κ2) is 8.95. The molecule has 1 saturated heterocycles. The maximum atomic E-state index is 6.08. The van der Waals surface area contributed by atoms with Gasteiger partial charge >= 0.3 is 0 Å². The predicted molar refractivity (Wildman–Crippen MR) is 112 cm³/mol. The lowest BCUT2D eigenvalue weighted by atomic mass is 10.2. The quantitative estimate of drug-likeness (QED) is 0.555. The summed E-state index contributed by atoms with van der Waals surface area (Å²) in [5.74, 6) is 1.98. The Morgan fingerprint density at radius 3 is 2.79 bits per heavy atom. The summed E-state index contributed by atoms with van der Waals surface area (Å²) in [5.41, 5.74) is 3.28. The van der Waals surface area contributed by atoms with Crippen molar-refractivity contribution in [3.05, 3.63) is 58.9 Å². The molecule has 6 heteroatoms. The second-order valence-electron chi connectivity index (χ2n) is 7.17. The number of aromatic nitrogens is 2. The van der Waals surface area contributed by atoms with Gasteiger partial charge in [-0.05, 0) is 49.2 Å². The van der Waals surface area contributed by atoms with Gasteiger partial charge < -0.3 is 14.0 Å². The summed E-state index contributed by atoms with van der Waals surface area (Å²) in [6, 6.07) is 14.1. The Labute approximate surface area is 170 Å². The van der Waals surface area contributed by atoms with E-state index in [1.54, 1.807) is 0 Å². The van der Waals surface area contributed by atoms with E-state index in [9.17, 15) is 0 Å². The highest BCUT2D eigenvalue weighted by molar-refractivity contribution is 6.31. The van der Waals surface area contributed by atoms with Crippen molar-refractivity contribution in [1.82, 2.24) is 14.5 Å². The Balaban J connectivity index is 1.42. The number of aryl methyl sites for hydroxylation is 2. The number of hydrogen-bond acceptors (Lipinski definition) is 4. The molecule has 4 rings (SSSR count). The first-order chi connectivity index (χ1) is 13.7. The summed E-state index contributed by atoms with van der Waals surface area (Å²) in [6.45, 7) is 7.91. The molecule has 0 unspecified atom stereocenters. The van der Waals surface area contributed by atoms with E-state index < -0.39 is 0 Å². The first-order valence-electron chi connectivity index (χ1n) is 9.84.